The minimum absolute atomic E-state index is 0.156. The number of carbonyl (C=O) groups is 2. The Morgan fingerprint density at radius 3 is 2.36 bits per heavy atom. The van der Waals surface area contributed by atoms with Crippen molar-refractivity contribution < 1.29 is 14.7 Å². The molecule has 0 aromatic carbocycles. The molecule has 0 bridgehead atoms. The number of carbonyl (C=O) groups excluding carboxylic acids is 1. The van der Waals surface area contributed by atoms with E-state index in [9.17, 15) is 9.59 Å². The normalized spacial score (nSPS) is 17.9. The van der Waals surface area contributed by atoms with Crippen molar-refractivity contribution in [3.8, 4) is 0 Å². The predicted molar refractivity (Wildman–Crippen MR) is 51.7 cm³/mol. The summed E-state index contributed by atoms with van der Waals surface area (Å²) in [6, 6.07) is -0.697. The van der Waals surface area contributed by atoms with Gasteiger partial charge in [-0.3, -0.25) is 4.79 Å². The van der Waals surface area contributed by atoms with E-state index in [0.717, 1.165) is 12.8 Å². The van der Waals surface area contributed by atoms with Gasteiger partial charge in [-0.05, 0) is 12.3 Å². The molecule has 1 fully saturated rings. The Kier molecular flexibility index (Phi) is 3.49. The maximum atomic E-state index is 11.3. The fraction of sp³-hybridized carbons (Fsp3) is 0.800. The van der Waals surface area contributed by atoms with Gasteiger partial charge in [0.25, 0.3) is 0 Å². The average Bonchev–Trinajstić information content (AvgIpc) is 2.86. The summed E-state index contributed by atoms with van der Waals surface area (Å²) in [6.45, 7) is 3.51. The van der Waals surface area contributed by atoms with Gasteiger partial charge >= 0.3 is 5.97 Å². The summed E-state index contributed by atoms with van der Waals surface area (Å²) < 4.78 is 0. The predicted octanol–water partition coefficient (Wildman–Crippen LogP) is 1.01. The molecule has 14 heavy (non-hydrogen) atoms. The number of rotatable bonds is 5. The van der Waals surface area contributed by atoms with Gasteiger partial charge in [-0.2, -0.15) is 0 Å². The van der Waals surface area contributed by atoms with Gasteiger partial charge < -0.3 is 10.4 Å². The first-order valence-corrected chi connectivity index (χ1v) is 5.04. The van der Waals surface area contributed by atoms with E-state index in [0.29, 0.717) is 12.3 Å². The minimum atomic E-state index is -0.925. The van der Waals surface area contributed by atoms with Crippen LogP contribution in [0.2, 0.25) is 0 Å². The Labute approximate surface area is 83.7 Å². The van der Waals surface area contributed by atoms with Crippen molar-refractivity contribution in [3.63, 3.8) is 0 Å². The highest BCUT2D eigenvalue weighted by molar-refractivity contribution is 5.84. The fourth-order valence-corrected chi connectivity index (χ4v) is 1.25. The van der Waals surface area contributed by atoms with Crippen LogP contribution in [0.5, 0.6) is 0 Å². The van der Waals surface area contributed by atoms with Crippen LogP contribution in [-0.4, -0.2) is 23.0 Å². The lowest BCUT2D eigenvalue weighted by Gasteiger charge is -2.15. The molecule has 1 rings (SSSR count). The van der Waals surface area contributed by atoms with E-state index in [-0.39, 0.29) is 11.8 Å². The lowest BCUT2D eigenvalue weighted by molar-refractivity contribution is -0.142. The summed E-state index contributed by atoms with van der Waals surface area (Å²) in [7, 11) is 0. The summed E-state index contributed by atoms with van der Waals surface area (Å²) in [5.41, 5.74) is 0. The van der Waals surface area contributed by atoms with Crippen LogP contribution in [0.1, 0.15) is 33.1 Å². The van der Waals surface area contributed by atoms with Crippen LogP contribution in [0.15, 0.2) is 0 Å². The fourth-order valence-electron chi connectivity index (χ4n) is 1.25. The van der Waals surface area contributed by atoms with Crippen LogP contribution in [0, 0.1) is 11.8 Å². The molecule has 4 heteroatoms. The first-order chi connectivity index (χ1) is 6.50. The van der Waals surface area contributed by atoms with Gasteiger partial charge in [-0.1, -0.05) is 26.7 Å². The third-order valence-corrected chi connectivity index (χ3v) is 2.40. The lowest BCUT2D eigenvalue weighted by atomic mass is 10.1. The van der Waals surface area contributed by atoms with Crippen LogP contribution in [0.4, 0.5) is 0 Å². The molecule has 0 aromatic heterocycles. The molecule has 0 aliphatic heterocycles. The molecule has 1 amide bonds. The van der Waals surface area contributed by atoms with Gasteiger partial charge in [-0.15, -0.1) is 0 Å². The number of amides is 1. The van der Waals surface area contributed by atoms with Crippen molar-refractivity contribution in [1.29, 1.82) is 0 Å². The highest BCUT2D eigenvalue weighted by Crippen LogP contribution is 2.33. The van der Waals surface area contributed by atoms with Gasteiger partial charge in [0.1, 0.15) is 6.04 Å². The molecular formula is C10H17NO3. The van der Waals surface area contributed by atoms with Crippen LogP contribution in [-0.2, 0) is 9.59 Å². The van der Waals surface area contributed by atoms with Gasteiger partial charge in [0.2, 0.25) is 5.91 Å². The second-order valence-electron chi connectivity index (χ2n) is 4.23. The van der Waals surface area contributed by atoms with Crippen LogP contribution in [0.25, 0.3) is 0 Å². The molecule has 0 unspecified atom stereocenters. The Morgan fingerprint density at radius 2 is 2.00 bits per heavy atom. The van der Waals surface area contributed by atoms with Gasteiger partial charge in [-0.25, -0.2) is 4.79 Å². The first-order valence-electron chi connectivity index (χ1n) is 5.04. The van der Waals surface area contributed by atoms with Crippen LogP contribution in [0.3, 0.4) is 0 Å². The van der Waals surface area contributed by atoms with E-state index in [4.69, 9.17) is 5.11 Å². The molecule has 2 N–H and O–H groups in total. The van der Waals surface area contributed by atoms with Crippen LogP contribution >= 0.6 is 0 Å². The Bertz CT molecular complexity index is 234. The van der Waals surface area contributed by atoms with E-state index in [1.165, 1.54) is 0 Å². The maximum absolute atomic E-state index is 11.3. The molecule has 0 heterocycles. The minimum Gasteiger partial charge on any atom is -0.480 e. The summed E-state index contributed by atoms with van der Waals surface area (Å²) in [4.78, 5) is 22.1. The average molecular weight is 199 g/mol. The monoisotopic (exact) mass is 199 g/mol. The standard InChI is InChI=1S/C10H17NO3/c1-6(2)9(12)11-8(10(13)14)5-7-3-4-7/h6-8H,3-5H2,1-2H3,(H,11,12)(H,13,14)/t8-/m1/s1. The molecule has 0 saturated heterocycles. The Morgan fingerprint density at radius 1 is 1.43 bits per heavy atom. The van der Waals surface area contributed by atoms with E-state index >= 15 is 0 Å². The van der Waals surface area contributed by atoms with Crippen molar-refractivity contribution in [2.24, 2.45) is 11.8 Å². The zero-order valence-electron chi connectivity index (χ0n) is 8.62. The molecule has 1 atom stereocenters. The summed E-state index contributed by atoms with van der Waals surface area (Å²) in [6.07, 6.45) is 2.77. The van der Waals surface area contributed by atoms with Gasteiger partial charge in [0.05, 0.1) is 0 Å². The van der Waals surface area contributed by atoms with Crippen molar-refractivity contribution in [2.75, 3.05) is 0 Å². The molecule has 0 spiro atoms. The van der Waals surface area contributed by atoms with E-state index in [2.05, 4.69) is 5.32 Å². The quantitative estimate of drug-likeness (QED) is 0.694. The third-order valence-electron chi connectivity index (χ3n) is 2.40. The smallest absolute Gasteiger partial charge is 0.326 e. The summed E-state index contributed by atoms with van der Waals surface area (Å²) in [5.74, 6) is -0.761. The first kappa shape index (κ1) is 11.0. The number of hydrogen-bond acceptors (Lipinski definition) is 2. The highest BCUT2D eigenvalue weighted by atomic mass is 16.4. The zero-order chi connectivity index (χ0) is 10.7. The van der Waals surface area contributed by atoms with Crippen molar-refractivity contribution >= 4 is 11.9 Å². The molecular weight excluding hydrogens is 182 g/mol. The van der Waals surface area contributed by atoms with Crippen molar-refractivity contribution in [2.45, 2.75) is 39.2 Å². The third kappa shape index (κ3) is 3.36. The number of aliphatic carboxylic acids is 1. The number of carboxylic acid groups (broad SMARTS) is 1. The summed E-state index contributed by atoms with van der Waals surface area (Å²) in [5, 5.41) is 11.4. The molecule has 80 valence electrons. The van der Waals surface area contributed by atoms with Gasteiger partial charge in [0.15, 0.2) is 0 Å². The Balaban J connectivity index is 2.41. The SMILES string of the molecule is CC(C)C(=O)N[C@H](CC1CC1)C(=O)O. The number of nitrogens with one attached hydrogen (secondary N) is 1. The van der Waals surface area contributed by atoms with E-state index < -0.39 is 12.0 Å². The largest absolute Gasteiger partial charge is 0.480 e. The lowest BCUT2D eigenvalue weighted by Crippen LogP contribution is -2.42. The number of hydrogen-bond donors (Lipinski definition) is 2. The van der Waals surface area contributed by atoms with E-state index in [1.807, 2.05) is 0 Å². The topological polar surface area (TPSA) is 66.4 Å². The number of carboxylic acids is 1. The molecule has 1 aliphatic rings. The second kappa shape index (κ2) is 4.44. The van der Waals surface area contributed by atoms with Crippen molar-refractivity contribution in [1.82, 2.24) is 5.32 Å². The van der Waals surface area contributed by atoms with Crippen molar-refractivity contribution in [3.05, 3.63) is 0 Å². The summed E-state index contributed by atoms with van der Waals surface area (Å²) >= 11 is 0. The molecule has 0 aromatic rings. The van der Waals surface area contributed by atoms with Crippen LogP contribution < -0.4 is 5.32 Å². The second-order valence-corrected chi connectivity index (χ2v) is 4.23. The Hall–Kier alpha value is -1.06. The van der Waals surface area contributed by atoms with Gasteiger partial charge in [0, 0.05) is 5.92 Å². The molecule has 0 radical (unpaired) electrons. The molecule has 1 saturated carbocycles. The molecule has 4 nitrogen and oxygen atoms in total. The highest BCUT2D eigenvalue weighted by Gasteiger charge is 2.30. The van der Waals surface area contributed by atoms with E-state index in [1.54, 1.807) is 13.8 Å². The maximum Gasteiger partial charge on any atom is 0.326 e. The zero-order valence-corrected chi connectivity index (χ0v) is 8.62. The molecule has 1 aliphatic carbocycles.